The lowest BCUT2D eigenvalue weighted by molar-refractivity contribution is 0.411. The third kappa shape index (κ3) is 4.32. The molecule has 4 heteroatoms. The molecule has 0 saturated carbocycles. The summed E-state index contributed by atoms with van der Waals surface area (Å²) in [5.41, 5.74) is 8.12. The van der Waals surface area contributed by atoms with Crippen LogP contribution in [-0.4, -0.2) is 13.7 Å². The van der Waals surface area contributed by atoms with E-state index in [1.54, 1.807) is 13.4 Å². The molecule has 108 valence electrons. The van der Waals surface area contributed by atoms with Crippen LogP contribution in [0.1, 0.15) is 23.3 Å². The lowest BCUT2D eigenvalue weighted by Crippen LogP contribution is -2.01. The van der Waals surface area contributed by atoms with E-state index in [1.807, 2.05) is 23.9 Å². The van der Waals surface area contributed by atoms with Crippen molar-refractivity contribution in [3.05, 3.63) is 53.5 Å². The van der Waals surface area contributed by atoms with Gasteiger partial charge in [0.2, 0.25) is 0 Å². The summed E-state index contributed by atoms with van der Waals surface area (Å²) < 4.78 is 10.8. The summed E-state index contributed by atoms with van der Waals surface area (Å²) in [6, 6.07) is 10.3. The quantitative estimate of drug-likeness (QED) is 0.807. The van der Waals surface area contributed by atoms with Crippen LogP contribution in [0.25, 0.3) is 0 Å². The van der Waals surface area contributed by atoms with E-state index in [0.29, 0.717) is 0 Å². The minimum Gasteiger partial charge on any atom is -0.496 e. The molecule has 1 heterocycles. The predicted molar refractivity (Wildman–Crippen MR) is 84.1 cm³/mol. The summed E-state index contributed by atoms with van der Waals surface area (Å²) in [6.45, 7) is 0.731. The Morgan fingerprint density at radius 2 is 2.15 bits per heavy atom. The second kappa shape index (κ2) is 8.02. The Labute approximate surface area is 124 Å². The van der Waals surface area contributed by atoms with Crippen LogP contribution in [0.5, 0.6) is 5.75 Å². The van der Waals surface area contributed by atoms with Crippen LogP contribution in [0.4, 0.5) is 0 Å². The number of hydrogen-bond acceptors (Lipinski definition) is 4. The molecule has 0 amide bonds. The largest absolute Gasteiger partial charge is 0.496 e. The number of methoxy groups -OCH3 is 1. The SMILES string of the molecule is COc1ccc(CCCN)cc1CSCc1ccco1. The number of benzene rings is 1. The van der Waals surface area contributed by atoms with Crippen molar-refractivity contribution in [3.63, 3.8) is 0 Å². The van der Waals surface area contributed by atoms with E-state index in [9.17, 15) is 0 Å². The van der Waals surface area contributed by atoms with Gasteiger partial charge >= 0.3 is 0 Å². The van der Waals surface area contributed by atoms with Crippen LogP contribution in [0.2, 0.25) is 0 Å². The third-order valence-corrected chi connectivity index (χ3v) is 4.10. The Morgan fingerprint density at radius 3 is 2.85 bits per heavy atom. The number of furan rings is 1. The number of nitrogens with two attached hydrogens (primary N) is 1. The Kier molecular flexibility index (Phi) is 6.02. The van der Waals surface area contributed by atoms with Gasteiger partial charge in [0.25, 0.3) is 0 Å². The van der Waals surface area contributed by atoms with Crippen LogP contribution in [0.15, 0.2) is 41.0 Å². The number of aryl methyl sites for hydroxylation is 1. The van der Waals surface area contributed by atoms with Crippen molar-refractivity contribution in [3.8, 4) is 5.75 Å². The molecule has 0 aliphatic rings. The molecule has 0 bridgehead atoms. The van der Waals surface area contributed by atoms with Crippen LogP contribution in [-0.2, 0) is 17.9 Å². The zero-order valence-corrected chi connectivity index (χ0v) is 12.6. The minimum atomic E-state index is 0.731. The molecule has 0 spiro atoms. The fourth-order valence-electron chi connectivity index (χ4n) is 2.06. The van der Waals surface area contributed by atoms with Crippen molar-refractivity contribution in [1.82, 2.24) is 0 Å². The monoisotopic (exact) mass is 291 g/mol. The molecule has 3 nitrogen and oxygen atoms in total. The van der Waals surface area contributed by atoms with Crippen LogP contribution < -0.4 is 10.5 Å². The van der Waals surface area contributed by atoms with Crippen molar-refractivity contribution < 1.29 is 9.15 Å². The molecule has 0 aliphatic carbocycles. The highest BCUT2D eigenvalue weighted by molar-refractivity contribution is 7.97. The van der Waals surface area contributed by atoms with E-state index in [0.717, 1.165) is 42.4 Å². The highest BCUT2D eigenvalue weighted by atomic mass is 32.2. The van der Waals surface area contributed by atoms with Gasteiger partial charge in [-0.1, -0.05) is 12.1 Å². The molecular formula is C16H21NO2S. The van der Waals surface area contributed by atoms with Gasteiger partial charge in [-0.15, -0.1) is 11.8 Å². The van der Waals surface area contributed by atoms with Crippen molar-refractivity contribution in [2.75, 3.05) is 13.7 Å². The first kappa shape index (κ1) is 15.0. The predicted octanol–water partition coefficient (Wildman–Crippen LogP) is 3.61. The van der Waals surface area contributed by atoms with Gasteiger partial charge in [0.05, 0.1) is 19.1 Å². The fraction of sp³-hybridized carbons (Fsp3) is 0.375. The fourth-order valence-corrected chi connectivity index (χ4v) is 2.98. The average molecular weight is 291 g/mol. The molecule has 2 N–H and O–H groups in total. The van der Waals surface area contributed by atoms with E-state index in [-0.39, 0.29) is 0 Å². The highest BCUT2D eigenvalue weighted by Gasteiger charge is 2.06. The van der Waals surface area contributed by atoms with Gasteiger partial charge in [-0.25, -0.2) is 0 Å². The maximum absolute atomic E-state index is 5.57. The van der Waals surface area contributed by atoms with E-state index >= 15 is 0 Å². The first-order chi connectivity index (χ1) is 9.83. The van der Waals surface area contributed by atoms with Crippen LogP contribution >= 0.6 is 11.8 Å². The highest BCUT2D eigenvalue weighted by Crippen LogP contribution is 2.26. The zero-order chi connectivity index (χ0) is 14.2. The second-order valence-corrected chi connectivity index (χ2v) is 5.60. The van der Waals surface area contributed by atoms with Gasteiger partial charge in [-0.05, 0) is 43.1 Å². The third-order valence-electron chi connectivity index (χ3n) is 3.10. The molecule has 0 saturated heterocycles. The Hall–Kier alpha value is -1.39. The molecule has 2 rings (SSSR count). The van der Waals surface area contributed by atoms with Gasteiger partial charge in [0.1, 0.15) is 11.5 Å². The summed E-state index contributed by atoms with van der Waals surface area (Å²) in [5.74, 6) is 3.76. The smallest absolute Gasteiger partial charge is 0.122 e. The molecule has 1 aromatic heterocycles. The lowest BCUT2D eigenvalue weighted by Gasteiger charge is -2.10. The molecule has 0 radical (unpaired) electrons. The Balaban J connectivity index is 1.96. The first-order valence-corrected chi connectivity index (χ1v) is 7.95. The van der Waals surface area contributed by atoms with E-state index in [1.165, 1.54) is 11.1 Å². The summed E-state index contributed by atoms with van der Waals surface area (Å²) in [7, 11) is 1.72. The summed E-state index contributed by atoms with van der Waals surface area (Å²) in [6.07, 6.45) is 3.76. The topological polar surface area (TPSA) is 48.4 Å². The number of rotatable bonds is 8. The Bertz CT molecular complexity index is 511. The molecule has 0 aliphatic heterocycles. The van der Waals surface area contributed by atoms with Crippen molar-refractivity contribution in [1.29, 1.82) is 0 Å². The first-order valence-electron chi connectivity index (χ1n) is 6.79. The van der Waals surface area contributed by atoms with E-state index < -0.39 is 0 Å². The van der Waals surface area contributed by atoms with Crippen LogP contribution in [0, 0.1) is 0 Å². The molecular weight excluding hydrogens is 270 g/mol. The van der Waals surface area contributed by atoms with E-state index in [4.69, 9.17) is 14.9 Å². The minimum absolute atomic E-state index is 0.731. The molecule has 1 aromatic carbocycles. The number of hydrogen-bond donors (Lipinski definition) is 1. The van der Waals surface area contributed by atoms with Gasteiger partial charge < -0.3 is 14.9 Å². The molecule has 0 atom stereocenters. The zero-order valence-electron chi connectivity index (χ0n) is 11.8. The summed E-state index contributed by atoms with van der Waals surface area (Å²) >= 11 is 1.83. The normalized spacial score (nSPS) is 10.7. The second-order valence-electron chi connectivity index (χ2n) is 4.61. The molecule has 0 fully saturated rings. The maximum Gasteiger partial charge on any atom is 0.122 e. The standard InChI is InChI=1S/C16H21NO2S/c1-18-16-7-6-13(4-2-8-17)10-14(16)11-20-12-15-5-3-9-19-15/h3,5-7,9-10H,2,4,8,11-12,17H2,1H3. The average Bonchev–Trinajstić information content (AvgIpc) is 2.98. The van der Waals surface area contributed by atoms with E-state index in [2.05, 4.69) is 18.2 Å². The lowest BCUT2D eigenvalue weighted by atomic mass is 10.1. The van der Waals surface area contributed by atoms with Gasteiger partial charge in [0, 0.05) is 11.3 Å². The molecule has 20 heavy (non-hydrogen) atoms. The van der Waals surface area contributed by atoms with Gasteiger partial charge in [-0.2, -0.15) is 0 Å². The Morgan fingerprint density at radius 1 is 1.25 bits per heavy atom. The summed E-state index contributed by atoms with van der Waals surface area (Å²) in [4.78, 5) is 0. The van der Waals surface area contributed by atoms with Gasteiger partial charge in [-0.3, -0.25) is 0 Å². The van der Waals surface area contributed by atoms with Crippen molar-refractivity contribution >= 4 is 11.8 Å². The molecule has 0 unspecified atom stereocenters. The van der Waals surface area contributed by atoms with Gasteiger partial charge in [0.15, 0.2) is 0 Å². The number of thioether (sulfide) groups is 1. The number of ether oxygens (including phenoxy) is 1. The van der Waals surface area contributed by atoms with Crippen molar-refractivity contribution in [2.24, 2.45) is 5.73 Å². The van der Waals surface area contributed by atoms with Crippen molar-refractivity contribution in [2.45, 2.75) is 24.3 Å². The summed E-state index contributed by atoms with van der Waals surface area (Å²) in [5, 5.41) is 0. The van der Waals surface area contributed by atoms with Crippen LogP contribution in [0.3, 0.4) is 0 Å². The molecule has 2 aromatic rings. The maximum atomic E-state index is 5.57.